The highest BCUT2D eigenvalue weighted by Crippen LogP contribution is 2.34. The SMILES string of the molecule is O=S(=O)(C[C@H]1CS1)c1ccc(Oc2ccccc2)cc1.O=S(=O)(C[C@H]1CS1)c1ccc(Oc2ccccc2)cc1. The number of thioether (sulfide) groups is 2. The molecule has 6 rings (SSSR count). The Morgan fingerprint density at radius 2 is 0.800 bits per heavy atom. The summed E-state index contributed by atoms with van der Waals surface area (Å²) in [5, 5.41) is 0.556. The van der Waals surface area contributed by atoms with Gasteiger partial charge in [-0.1, -0.05) is 36.4 Å². The number of para-hydroxylation sites is 2. The van der Waals surface area contributed by atoms with Gasteiger partial charge in [0.2, 0.25) is 0 Å². The van der Waals surface area contributed by atoms with Crippen molar-refractivity contribution in [1.29, 1.82) is 0 Å². The summed E-state index contributed by atoms with van der Waals surface area (Å²) in [6.07, 6.45) is 0. The van der Waals surface area contributed by atoms with Crippen LogP contribution in [0.3, 0.4) is 0 Å². The maximum atomic E-state index is 12.1. The van der Waals surface area contributed by atoms with Crippen molar-refractivity contribution in [3.8, 4) is 23.0 Å². The standard InChI is InChI=1S/2C15H14O3S2/c2*16-20(17,11-14-10-19-14)15-8-6-13(7-9-15)18-12-4-2-1-3-5-12/h2*1-9,14H,10-11H2/t2*14-/m11/s1. The zero-order chi connectivity index (χ0) is 28.0. The fourth-order valence-corrected chi connectivity index (χ4v) is 9.04. The van der Waals surface area contributed by atoms with Crippen molar-refractivity contribution in [3.63, 3.8) is 0 Å². The quantitative estimate of drug-likeness (QED) is 0.182. The fraction of sp³-hybridized carbons (Fsp3) is 0.200. The van der Waals surface area contributed by atoms with Gasteiger partial charge in [0.05, 0.1) is 21.3 Å². The highest BCUT2D eigenvalue weighted by molar-refractivity contribution is 8.08. The number of sulfone groups is 2. The Labute approximate surface area is 244 Å². The van der Waals surface area contributed by atoms with E-state index in [-0.39, 0.29) is 22.0 Å². The van der Waals surface area contributed by atoms with E-state index in [9.17, 15) is 16.8 Å². The predicted molar refractivity (Wildman–Crippen MR) is 163 cm³/mol. The molecule has 2 atom stereocenters. The molecule has 40 heavy (non-hydrogen) atoms. The highest BCUT2D eigenvalue weighted by atomic mass is 32.2. The van der Waals surface area contributed by atoms with Crippen LogP contribution in [0.25, 0.3) is 0 Å². The molecule has 2 aliphatic rings. The van der Waals surface area contributed by atoms with Crippen molar-refractivity contribution in [2.75, 3.05) is 23.0 Å². The highest BCUT2D eigenvalue weighted by Gasteiger charge is 2.30. The van der Waals surface area contributed by atoms with Crippen LogP contribution in [0.15, 0.2) is 119 Å². The lowest BCUT2D eigenvalue weighted by atomic mass is 10.3. The summed E-state index contributed by atoms with van der Waals surface area (Å²) in [5.74, 6) is 5.11. The molecular formula is C30H28O6S4. The summed E-state index contributed by atoms with van der Waals surface area (Å²) in [6, 6.07) is 32.0. The second-order valence-electron chi connectivity index (χ2n) is 9.25. The van der Waals surface area contributed by atoms with Crippen LogP contribution in [0.2, 0.25) is 0 Å². The van der Waals surface area contributed by atoms with Crippen LogP contribution >= 0.6 is 23.5 Å². The Bertz CT molecular complexity index is 1470. The fourth-order valence-electron chi connectivity index (χ4n) is 3.69. The zero-order valence-corrected chi connectivity index (χ0v) is 24.7. The lowest BCUT2D eigenvalue weighted by molar-refractivity contribution is 0.482. The van der Waals surface area contributed by atoms with Crippen molar-refractivity contribution in [1.82, 2.24) is 0 Å². The Morgan fingerprint density at radius 3 is 1.10 bits per heavy atom. The van der Waals surface area contributed by atoms with E-state index in [1.165, 1.54) is 0 Å². The molecule has 0 spiro atoms. The minimum absolute atomic E-state index is 0.233. The molecule has 2 heterocycles. The van der Waals surface area contributed by atoms with Crippen LogP contribution in [0.4, 0.5) is 0 Å². The van der Waals surface area contributed by atoms with Gasteiger partial charge >= 0.3 is 0 Å². The first-order valence-electron chi connectivity index (χ1n) is 12.6. The molecule has 2 fully saturated rings. The van der Waals surface area contributed by atoms with Gasteiger partial charge in [0.25, 0.3) is 0 Å². The van der Waals surface area contributed by atoms with E-state index in [2.05, 4.69) is 0 Å². The third-order valence-electron chi connectivity index (χ3n) is 5.94. The minimum atomic E-state index is -3.16. The third-order valence-corrected chi connectivity index (χ3v) is 12.0. The van der Waals surface area contributed by atoms with Crippen molar-refractivity contribution in [2.45, 2.75) is 20.3 Å². The van der Waals surface area contributed by atoms with Crippen LogP contribution < -0.4 is 9.47 Å². The monoisotopic (exact) mass is 612 g/mol. The molecular weight excluding hydrogens is 585 g/mol. The number of benzene rings is 4. The average Bonchev–Trinajstić information content (AvgIpc) is 3.89. The van der Waals surface area contributed by atoms with Gasteiger partial charge in [0.1, 0.15) is 23.0 Å². The van der Waals surface area contributed by atoms with Gasteiger partial charge in [-0.05, 0) is 72.8 Å². The van der Waals surface area contributed by atoms with Crippen LogP contribution in [-0.2, 0) is 19.7 Å². The van der Waals surface area contributed by atoms with E-state index in [0.717, 1.165) is 23.0 Å². The van der Waals surface area contributed by atoms with Gasteiger partial charge in [-0.3, -0.25) is 0 Å². The van der Waals surface area contributed by atoms with Crippen molar-refractivity contribution in [3.05, 3.63) is 109 Å². The van der Waals surface area contributed by atoms with Gasteiger partial charge < -0.3 is 9.47 Å². The Kier molecular flexibility index (Phi) is 9.10. The summed E-state index contributed by atoms with van der Waals surface area (Å²) in [5.41, 5.74) is 0. The van der Waals surface area contributed by atoms with Crippen LogP contribution in [0, 0.1) is 0 Å². The van der Waals surface area contributed by atoms with Crippen molar-refractivity contribution >= 4 is 43.2 Å². The molecule has 4 aromatic carbocycles. The third kappa shape index (κ3) is 8.54. The first kappa shape index (κ1) is 28.6. The molecule has 0 N–H and O–H groups in total. The minimum Gasteiger partial charge on any atom is -0.457 e. The Hall–Kier alpha value is -2.92. The van der Waals surface area contributed by atoms with E-state index in [4.69, 9.17) is 9.47 Å². The molecule has 4 aromatic rings. The molecule has 0 unspecified atom stereocenters. The van der Waals surface area contributed by atoms with E-state index in [0.29, 0.717) is 21.3 Å². The lowest BCUT2D eigenvalue weighted by Gasteiger charge is -2.07. The van der Waals surface area contributed by atoms with E-state index in [1.807, 2.05) is 60.7 Å². The molecule has 208 valence electrons. The van der Waals surface area contributed by atoms with E-state index >= 15 is 0 Å². The summed E-state index contributed by atoms with van der Waals surface area (Å²) in [4.78, 5) is 0.732. The second kappa shape index (κ2) is 12.7. The van der Waals surface area contributed by atoms with Crippen LogP contribution in [-0.4, -0.2) is 50.3 Å². The Balaban J connectivity index is 0.000000161. The molecule has 0 saturated carbocycles. The van der Waals surface area contributed by atoms with Crippen LogP contribution in [0.1, 0.15) is 0 Å². The topological polar surface area (TPSA) is 86.7 Å². The summed E-state index contributed by atoms with van der Waals surface area (Å²) < 4.78 is 59.7. The molecule has 0 aromatic heterocycles. The summed E-state index contributed by atoms with van der Waals surface area (Å²) in [7, 11) is -6.33. The first-order valence-corrected chi connectivity index (χ1v) is 18.0. The normalized spacial score (nSPS) is 17.7. The maximum Gasteiger partial charge on any atom is 0.179 e. The zero-order valence-electron chi connectivity index (χ0n) is 21.5. The largest absolute Gasteiger partial charge is 0.457 e. The molecule has 2 aliphatic heterocycles. The number of hydrogen-bond acceptors (Lipinski definition) is 8. The van der Waals surface area contributed by atoms with Gasteiger partial charge in [-0.25, -0.2) is 16.8 Å². The van der Waals surface area contributed by atoms with E-state index < -0.39 is 19.7 Å². The van der Waals surface area contributed by atoms with Crippen molar-refractivity contribution in [2.24, 2.45) is 0 Å². The van der Waals surface area contributed by atoms with E-state index in [1.54, 1.807) is 72.1 Å². The van der Waals surface area contributed by atoms with Crippen molar-refractivity contribution < 1.29 is 26.3 Å². The lowest BCUT2D eigenvalue weighted by Crippen LogP contribution is -2.10. The van der Waals surface area contributed by atoms with Gasteiger partial charge in [0, 0.05) is 22.0 Å². The van der Waals surface area contributed by atoms with Gasteiger partial charge in [-0.15, -0.1) is 0 Å². The number of ether oxygens (including phenoxy) is 2. The smallest absolute Gasteiger partial charge is 0.179 e. The summed E-state index contributed by atoms with van der Waals surface area (Å²) >= 11 is 3.38. The second-order valence-corrected chi connectivity index (χ2v) is 16.0. The number of rotatable bonds is 10. The molecule has 0 bridgehead atoms. The van der Waals surface area contributed by atoms with Crippen LogP contribution in [0.5, 0.6) is 23.0 Å². The van der Waals surface area contributed by atoms with Gasteiger partial charge in [0.15, 0.2) is 19.7 Å². The predicted octanol–water partition coefficient (Wildman–Crippen LogP) is 6.74. The van der Waals surface area contributed by atoms with Gasteiger partial charge in [-0.2, -0.15) is 23.5 Å². The number of hydrogen-bond donors (Lipinski definition) is 0. The average molecular weight is 613 g/mol. The first-order chi connectivity index (χ1) is 19.3. The molecule has 6 nitrogen and oxygen atoms in total. The molecule has 0 aliphatic carbocycles. The summed E-state index contributed by atoms with van der Waals surface area (Å²) in [6.45, 7) is 0. The molecule has 0 amide bonds. The Morgan fingerprint density at radius 1 is 0.500 bits per heavy atom. The maximum absolute atomic E-state index is 12.1. The molecule has 10 heteroatoms. The molecule has 2 saturated heterocycles. The molecule has 0 radical (unpaired) electrons.